The van der Waals surface area contributed by atoms with Gasteiger partial charge in [0, 0.05) is 11.3 Å². The molecule has 0 heterocycles. The molecule has 0 bridgehead atoms. The molecule has 0 saturated carbocycles. The molecule has 0 unspecified atom stereocenters. The number of carbonyl (C=O) groups is 1. The highest BCUT2D eigenvalue weighted by atomic mass is 16.3. The van der Waals surface area contributed by atoms with Gasteiger partial charge in [-0.05, 0) is 67.8 Å². The monoisotopic (exact) mass is 284 g/mol. The van der Waals surface area contributed by atoms with E-state index in [2.05, 4.69) is 5.32 Å². The highest BCUT2D eigenvalue weighted by Crippen LogP contribution is 2.18. The van der Waals surface area contributed by atoms with E-state index in [0.29, 0.717) is 17.7 Å². The molecule has 0 aromatic heterocycles. The van der Waals surface area contributed by atoms with Crippen molar-refractivity contribution in [3.63, 3.8) is 0 Å². The zero-order valence-electron chi connectivity index (χ0n) is 12.1. The zero-order valence-corrected chi connectivity index (χ0v) is 12.1. The third-order valence-electron chi connectivity index (χ3n) is 3.31. The van der Waals surface area contributed by atoms with Gasteiger partial charge in [-0.25, -0.2) is 0 Å². The lowest BCUT2D eigenvalue weighted by molar-refractivity contribution is 0.102. The Balaban J connectivity index is 2.10. The maximum Gasteiger partial charge on any atom is 0.255 e. The molecule has 4 nitrogen and oxygen atoms in total. The van der Waals surface area contributed by atoms with E-state index in [9.17, 15) is 9.90 Å². The molecule has 0 aliphatic heterocycles. The molecule has 0 spiro atoms. The molecular weight excluding hydrogens is 264 g/mol. The first kappa shape index (κ1) is 15.1. The number of phenolic OH excluding ortho intramolecular Hbond substituents is 1. The SMILES string of the molecule is Cc1cc(C(=O)Nc2cccc(CCCN)c2)ccc1O. The van der Waals surface area contributed by atoms with Crippen LogP contribution in [-0.2, 0) is 6.42 Å². The first-order chi connectivity index (χ1) is 10.1. The smallest absolute Gasteiger partial charge is 0.255 e. The molecular formula is C17H20N2O2. The Hall–Kier alpha value is -2.33. The number of aryl methyl sites for hydroxylation is 2. The predicted octanol–water partition coefficient (Wildman–Crippen LogP) is 2.84. The van der Waals surface area contributed by atoms with Crippen molar-refractivity contribution in [1.82, 2.24) is 0 Å². The number of aromatic hydroxyl groups is 1. The summed E-state index contributed by atoms with van der Waals surface area (Å²) in [5.41, 5.74) is 8.63. The minimum atomic E-state index is -0.186. The lowest BCUT2D eigenvalue weighted by Gasteiger charge is -2.08. The van der Waals surface area contributed by atoms with E-state index in [1.54, 1.807) is 19.1 Å². The molecule has 2 aromatic rings. The molecule has 4 N–H and O–H groups in total. The standard InChI is InChI=1S/C17H20N2O2/c1-12-10-14(7-8-16(12)20)17(21)19-15-6-2-4-13(11-15)5-3-9-18/h2,4,6-8,10-11,20H,3,5,9,18H2,1H3,(H,19,21). The van der Waals surface area contributed by atoms with Gasteiger partial charge in [-0.15, -0.1) is 0 Å². The number of nitrogens with one attached hydrogen (secondary N) is 1. The molecule has 21 heavy (non-hydrogen) atoms. The van der Waals surface area contributed by atoms with Crippen LogP contribution in [0.15, 0.2) is 42.5 Å². The maximum atomic E-state index is 12.2. The number of carbonyl (C=O) groups excluding carboxylic acids is 1. The van der Waals surface area contributed by atoms with Crippen molar-refractivity contribution in [2.75, 3.05) is 11.9 Å². The topological polar surface area (TPSA) is 75.4 Å². The Morgan fingerprint density at radius 2 is 2.05 bits per heavy atom. The summed E-state index contributed by atoms with van der Waals surface area (Å²) in [5, 5.41) is 12.4. The van der Waals surface area contributed by atoms with E-state index < -0.39 is 0 Å². The van der Waals surface area contributed by atoms with Crippen LogP contribution in [0.4, 0.5) is 5.69 Å². The van der Waals surface area contributed by atoms with Gasteiger partial charge in [0.2, 0.25) is 0 Å². The molecule has 2 rings (SSSR count). The normalized spacial score (nSPS) is 10.4. The van der Waals surface area contributed by atoms with Crippen LogP contribution in [-0.4, -0.2) is 17.6 Å². The lowest BCUT2D eigenvalue weighted by atomic mass is 10.1. The molecule has 2 aromatic carbocycles. The quantitative estimate of drug-likeness (QED) is 0.790. The number of rotatable bonds is 5. The van der Waals surface area contributed by atoms with Gasteiger partial charge in [0.25, 0.3) is 5.91 Å². The van der Waals surface area contributed by atoms with Crippen molar-refractivity contribution in [3.05, 3.63) is 59.2 Å². The van der Waals surface area contributed by atoms with Crippen molar-refractivity contribution >= 4 is 11.6 Å². The largest absolute Gasteiger partial charge is 0.508 e. The molecule has 0 radical (unpaired) electrons. The van der Waals surface area contributed by atoms with Gasteiger partial charge < -0.3 is 16.2 Å². The number of anilines is 1. The second-order valence-corrected chi connectivity index (χ2v) is 5.05. The second-order valence-electron chi connectivity index (χ2n) is 5.05. The Labute approximate surface area is 124 Å². The van der Waals surface area contributed by atoms with E-state index in [4.69, 9.17) is 5.73 Å². The minimum absolute atomic E-state index is 0.186. The fraction of sp³-hybridized carbons (Fsp3) is 0.235. The summed E-state index contributed by atoms with van der Waals surface area (Å²) in [4.78, 5) is 12.2. The summed E-state index contributed by atoms with van der Waals surface area (Å²) in [7, 11) is 0. The Kier molecular flexibility index (Phi) is 4.95. The van der Waals surface area contributed by atoms with Crippen molar-refractivity contribution in [2.45, 2.75) is 19.8 Å². The van der Waals surface area contributed by atoms with Crippen molar-refractivity contribution in [2.24, 2.45) is 5.73 Å². The van der Waals surface area contributed by atoms with Crippen molar-refractivity contribution < 1.29 is 9.90 Å². The third-order valence-corrected chi connectivity index (χ3v) is 3.31. The molecule has 1 amide bonds. The lowest BCUT2D eigenvalue weighted by Crippen LogP contribution is -2.12. The van der Waals surface area contributed by atoms with E-state index in [1.165, 1.54) is 6.07 Å². The molecule has 0 aliphatic carbocycles. The summed E-state index contributed by atoms with van der Waals surface area (Å²) in [6.45, 7) is 2.42. The summed E-state index contributed by atoms with van der Waals surface area (Å²) in [6.07, 6.45) is 1.83. The molecule has 0 atom stereocenters. The van der Waals surface area contributed by atoms with Crippen LogP contribution in [0.3, 0.4) is 0 Å². The van der Waals surface area contributed by atoms with Gasteiger partial charge in [0.1, 0.15) is 5.75 Å². The van der Waals surface area contributed by atoms with Gasteiger partial charge in [0.05, 0.1) is 0 Å². The number of phenols is 1. The number of hydrogen-bond acceptors (Lipinski definition) is 3. The van der Waals surface area contributed by atoms with E-state index in [-0.39, 0.29) is 11.7 Å². The van der Waals surface area contributed by atoms with Gasteiger partial charge >= 0.3 is 0 Å². The van der Waals surface area contributed by atoms with Crippen LogP contribution in [0.1, 0.15) is 27.9 Å². The highest BCUT2D eigenvalue weighted by molar-refractivity contribution is 6.04. The summed E-state index contributed by atoms with van der Waals surface area (Å²) < 4.78 is 0. The first-order valence-electron chi connectivity index (χ1n) is 7.00. The molecule has 0 fully saturated rings. The fourth-order valence-electron chi connectivity index (χ4n) is 2.11. The number of hydrogen-bond donors (Lipinski definition) is 3. The number of amides is 1. The molecule has 0 aliphatic rings. The van der Waals surface area contributed by atoms with Gasteiger partial charge in [-0.2, -0.15) is 0 Å². The predicted molar refractivity (Wildman–Crippen MR) is 84.6 cm³/mol. The van der Waals surface area contributed by atoms with Crippen LogP contribution in [0.5, 0.6) is 5.75 Å². The Morgan fingerprint density at radius 1 is 1.24 bits per heavy atom. The number of nitrogens with two attached hydrogens (primary N) is 1. The minimum Gasteiger partial charge on any atom is -0.508 e. The van der Waals surface area contributed by atoms with E-state index >= 15 is 0 Å². The van der Waals surface area contributed by atoms with Crippen LogP contribution in [0.2, 0.25) is 0 Å². The van der Waals surface area contributed by atoms with E-state index in [0.717, 1.165) is 24.1 Å². The summed E-state index contributed by atoms with van der Waals surface area (Å²) in [6, 6.07) is 12.6. The van der Waals surface area contributed by atoms with Crippen LogP contribution < -0.4 is 11.1 Å². The molecule has 110 valence electrons. The zero-order chi connectivity index (χ0) is 15.2. The summed E-state index contributed by atoms with van der Waals surface area (Å²) in [5.74, 6) is 0.00408. The van der Waals surface area contributed by atoms with Crippen LogP contribution >= 0.6 is 0 Å². The highest BCUT2D eigenvalue weighted by Gasteiger charge is 2.08. The summed E-state index contributed by atoms with van der Waals surface area (Å²) >= 11 is 0. The van der Waals surface area contributed by atoms with Gasteiger partial charge in [0.15, 0.2) is 0 Å². The van der Waals surface area contributed by atoms with Crippen molar-refractivity contribution in [1.29, 1.82) is 0 Å². The molecule has 4 heteroatoms. The van der Waals surface area contributed by atoms with Gasteiger partial charge in [-0.3, -0.25) is 4.79 Å². The Bertz CT molecular complexity index is 638. The molecule has 0 saturated heterocycles. The third kappa shape index (κ3) is 4.07. The average Bonchev–Trinajstić information content (AvgIpc) is 2.48. The first-order valence-corrected chi connectivity index (χ1v) is 7.00. The van der Waals surface area contributed by atoms with Crippen LogP contribution in [0, 0.1) is 6.92 Å². The van der Waals surface area contributed by atoms with Gasteiger partial charge in [-0.1, -0.05) is 12.1 Å². The Morgan fingerprint density at radius 3 is 2.76 bits per heavy atom. The average molecular weight is 284 g/mol. The van der Waals surface area contributed by atoms with Crippen LogP contribution in [0.25, 0.3) is 0 Å². The van der Waals surface area contributed by atoms with E-state index in [1.807, 2.05) is 24.3 Å². The van der Waals surface area contributed by atoms with Crippen molar-refractivity contribution in [3.8, 4) is 5.75 Å². The maximum absolute atomic E-state index is 12.2. The second kappa shape index (κ2) is 6.90. The fourth-order valence-corrected chi connectivity index (χ4v) is 2.11. The number of benzene rings is 2.